The summed E-state index contributed by atoms with van der Waals surface area (Å²) in [5, 5.41) is 17.8. The highest BCUT2D eigenvalue weighted by Gasteiger charge is 2.30. The van der Waals surface area contributed by atoms with E-state index in [1.165, 1.54) is 0 Å². The Morgan fingerprint density at radius 1 is 1.69 bits per heavy atom. The van der Waals surface area contributed by atoms with Crippen LogP contribution in [0.4, 0.5) is 0 Å². The summed E-state index contributed by atoms with van der Waals surface area (Å²) in [6.45, 7) is 3.58. The van der Waals surface area contributed by atoms with Gasteiger partial charge >= 0.3 is 5.97 Å². The number of carbonyl (C=O) groups is 1. The molecule has 1 saturated heterocycles. The average molecular weight is 187 g/mol. The van der Waals surface area contributed by atoms with Crippen molar-refractivity contribution in [3.05, 3.63) is 0 Å². The van der Waals surface area contributed by atoms with E-state index in [-0.39, 0.29) is 18.6 Å². The van der Waals surface area contributed by atoms with Crippen LogP contribution >= 0.6 is 0 Å². The second-order valence-corrected chi connectivity index (χ2v) is 3.59. The van der Waals surface area contributed by atoms with Crippen LogP contribution in [0.25, 0.3) is 0 Å². The molecule has 2 atom stereocenters. The van der Waals surface area contributed by atoms with Gasteiger partial charge in [-0.05, 0) is 25.3 Å². The fraction of sp³-hybridized carbons (Fsp3) is 0.889. The van der Waals surface area contributed by atoms with E-state index in [2.05, 4.69) is 0 Å². The second-order valence-electron chi connectivity index (χ2n) is 3.59. The van der Waals surface area contributed by atoms with E-state index in [9.17, 15) is 4.79 Å². The van der Waals surface area contributed by atoms with Crippen molar-refractivity contribution in [2.24, 2.45) is 5.92 Å². The molecule has 13 heavy (non-hydrogen) atoms. The van der Waals surface area contributed by atoms with Crippen LogP contribution in [0, 0.1) is 5.92 Å². The molecule has 0 aromatic heterocycles. The lowest BCUT2D eigenvalue weighted by Crippen LogP contribution is -2.39. The van der Waals surface area contributed by atoms with E-state index in [1.54, 1.807) is 0 Å². The van der Waals surface area contributed by atoms with Crippen molar-refractivity contribution in [3.63, 3.8) is 0 Å². The maximum Gasteiger partial charge on any atom is 0.320 e. The van der Waals surface area contributed by atoms with Crippen molar-refractivity contribution in [1.82, 2.24) is 4.90 Å². The maximum absolute atomic E-state index is 10.8. The van der Waals surface area contributed by atoms with E-state index in [1.807, 2.05) is 11.8 Å². The lowest BCUT2D eigenvalue weighted by atomic mass is 10.1. The first-order valence-electron chi connectivity index (χ1n) is 4.76. The normalized spacial score (nSPS) is 26.2. The summed E-state index contributed by atoms with van der Waals surface area (Å²) in [4.78, 5) is 12.8. The molecule has 1 aliphatic rings. The zero-order valence-electron chi connectivity index (χ0n) is 7.94. The number of nitrogens with zero attached hydrogens (tertiary/aromatic N) is 1. The van der Waals surface area contributed by atoms with Gasteiger partial charge in [-0.1, -0.05) is 6.92 Å². The highest BCUT2D eigenvalue weighted by Crippen LogP contribution is 2.19. The lowest BCUT2D eigenvalue weighted by molar-refractivity contribution is -0.143. The fourth-order valence-electron chi connectivity index (χ4n) is 1.88. The van der Waals surface area contributed by atoms with Crippen molar-refractivity contribution in [1.29, 1.82) is 0 Å². The molecule has 0 bridgehead atoms. The zero-order chi connectivity index (χ0) is 9.84. The molecule has 0 aliphatic carbocycles. The Labute approximate surface area is 78.2 Å². The molecule has 4 nitrogen and oxygen atoms in total. The van der Waals surface area contributed by atoms with Gasteiger partial charge in [0.25, 0.3) is 0 Å². The van der Waals surface area contributed by atoms with Crippen LogP contribution in [-0.4, -0.2) is 46.8 Å². The summed E-state index contributed by atoms with van der Waals surface area (Å²) >= 11 is 0. The van der Waals surface area contributed by atoms with Gasteiger partial charge in [-0.3, -0.25) is 9.69 Å². The van der Waals surface area contributed by atoms with E-state index in [4.69, 9.17) is 10.2 Å². The summed E-state index contributed by atoms with van der Waals surface area (Å²) < 4.78 is 0. The predicted molar refractivity (Wildman–Crippen MR) is 48.5 cm³/mol. The first-order chi connectivity index (χ1) is 6.19. The first kappa shape index (κ1) is 10.5. The Morgan fingerprint density at radius 3 is 2.77 bits per heavy atom. The molecule has 1 rings (SSSR count). The third-order valence-corrected chi connectivity index (χ3v) is 2.69. The van der Waals surface area contributed by atoms with Gasteiger partial charge in [-0.15, -0.1) is 0 Å². The number of likely N-dealkylation sites (tertiary alicyclic amines) is 1. The summed E-state index contributed by atoms with van der Waals surface area (Å²) in [5.41, 5.74) is 0. The van der Waals surface area contributed by atoms with Crippen molar-refractivity contribution >= 4 is 5.97 Å². The number of aliphatic hydroxyl groups excluding tert-OH is 1. The number of rotatable bonds is 4. The highest BCUT2D eigenvalue weighted by molar-refractivity contribution is 5.73. The standard InChI is InChI=1S/C9H17NO3/c1-2-8(9(12)13)10-4-3-7(5-10)6-11/h7-8,11H,2-6H2,1H3,(H,12,13)/t7-,8+/m1/s1. The molecule has 2 N–H and O–H groups in total. The summed E-state index contributed by atoms with van der Waals surface area (Å²) in [6.07, 6.45) is 1.55. The van der Waals surface area contributed by atoms with Gasteiger partial charge in [0.1, 0.15) is 6.04 Å². The SMILES string of the molecule is CC[C@@H](C(=O)O)N1CC[C@@H](CO)C1. The summed E-state index contributed by atoms with van der Waals surface area (Å²) in [5.74, 6) is -0.477. The molecule has 0 unspecified atom stereocenters. The minimum Gasteiger partial charge on any atom is -0.480 e. The molecule has 0 amide bonds. The smallest absolute Gasteiger partial charge is 0.320 e. The van der Waals surface area contributed by atoms with E-state index in [0.717, 1.165) is 19.5 Å². The molecular weight excluding hydrogens is 170 g/mol. The Balaban J connectivity index is 2.48. The maximum atomic E-state index is 10.8. The van der Waals surface area contributed by atoms with Crippen molar-refractivity contribution in [3.8, 4) is 0 Å². The number of hydrogen-bond acceptors (Lipinski definition) is 3. The number of hydrogen-bond donors (Lipinski definition) is 2. The molecule has 1 aliphatic heterocycles. The molecule has 0 radical (unpaired) electrons. The van der Waals surface area contributed by atoms with Crippen LogP contribution in [-0.2, 0) is 4.79 Å². The number of carboxylic acid groups (broad SMARTS) is 1. The summed E-state index contributed by atoms with van der Waals surface area (Å²) in [7, 11) is 0. The lowest BCUT2D eigenvalue weighted by Gasteiger charge is -2.22. The number of carboxylic acids is 1. The highest BCUT2D eigenvalue weighted by atomic mass is 16.4. The molecule has 0 aromatic rings. The largest absolute Gasteiger partial charge is 0.480 e. The van der Waals surface area contributed by atoms with Crippen LogP contribution in [0.2, 0.25) is 0 Å². The van der Waals surface area contributed by atoms with Crippen LogP contribution in [0.15, 0.2) is 0 Å². The molecule has 0 aromatic carbocycles. The molecule has 0 saturated carbocycles. The van der Waals surface area contributed by atoms with E-state index < -0.39 is 5.97 Å². The average Bonchev–Trinajstić information content (AvgIpc) is 2.53. The Bertz CT molecular complexity index is 184. The van der Waals surface area contributed by atoms with Gasteiger partial charge < -0.3 is 10.2 Å². The number of aliphatic carboxylic acids is 1. The van der Waals surface area contributed by atoms with Gasteiger partial charge in [0.15, 0.2) is 0 Å². The minimum atomic E-state index is -0.749. The zero-order valence-corrected chi connectivity index (χ0v) is 7.94. The van der Waals surface area contributed by atoms with Crippen LogP contribution in [0.5, 0.6) is 0 Å². The Hall–Kier alpha value is -0.610. The first-order valence-corrected chi connectivity index (χ1v) is 4.76. The van der Waals surface area contributed by atoms with Crippen LogP contribution < -0.4 is 0 Å². The molecule has 0 spiro atoms. The van der Waals surface area contributed by atoms with Crippen LogP contribution in [0.1, 0.15) is 19.8 Å². The topological polar surface area (TPSA) is 60.8 Å². The quantitative estimate of drug-likeness (QED) is 0.658. The van der Waals surface area contributed by atoms with Crippen molar-refractivity contribution in [2.75, 3.05) is 19.7 Å². The minimum absolute atomic E-state index is 0.173. The van der Waals surface area contributed by atoms with Crippen LogP contribution in [0.3, 0.4) is 0 Å². The molecule has 4 heteroatoms. The molecule has 76 valence electrons. The van der Waals surface area contributed by atoms with Gasteiger partial charge in [-0.25, -0.2) is 0 Å². The number of aliphatic hydroxyl groups is 1. The van der Waals surface area contributed by atoms with Gasteiger partial charge in [-0.2, -0.15) is 0 Å². The Morgan fingerprint density at radius 2 is 2.38 bits per heavy atom. The van der Waals surface area contributed by atoms with Gasteiger partial charge in [0, 0.05) is 13.2 Å². The fourth-order valence-corrected chi connectivity index (χ4v) is 1.88. The predicted octanol–water partition coefficient (Wildman–Crippen LogP) is 0.164. The second kappa shape index (κ2) is 4.58. The van der Waals surface area contributed by atoms with Crippen molar-refractivity contribution < 1.29 is 15.0 Å². The third kappa shape index (κ3) is 2.42. The van der Waals surface area contributed by atoms with Gasteiger partial charge in [0.2, 0.25) is 0 Å². The Kier molecular flexibility index (Phi) is 3.69. The van der Waals surface area contributed by atoms with Crippen molar-refractivity contribution in [2.45, 2.75) is 25.8 Å². The van der Waals surface area contributed by atoms with E-state index >= 15 is 0 Å². The molecular formula is C9H17NO3. The van der Waals surface area contributed by atoms with E-state index in [0.29, 0.717) is 6.42 Å². The monoisotopic (exact) mass is 187 g/mol. The molecule has 1 heterocycles. The molecule has 1 fully saturated rings. The summed E-state index contributed by atoms with van der Waals surface area (Å²) in [6, 6.07) is -0.364. The third-order valence-electron chi connectivity index (χ3n) is 2.69. The van der Waals surface area contributed by atoms with Gasteiger partial charge in [0.05, 0.1) is 0 Å².